The molecule has 3 atom stereocenters. The van der Waals surface area contributed by atoms with E-state index < -0.39 is 0 Å². The number of hydrogen-bond acceptors (Lipinski definition) is 4. The largest absolute Gasteiger partial charge is 0.466 e. The van der Waals surface area contributed by atoms with E-state index in [9.17, 15) is 4.79 Å². The molecular formula is C14H21N3O2. The Bertz CT molecular complexity index is 471. The normalized spacial score (nSPS) is 30.5. The van der Waals surface area contributed by atoms with Crippen LogP contribution in [-0.4, -0.2) is 47.3 Å². The Morgan fingerprint density at radius 2 is 2.42 bits per heavy atom. The first kappa shape index (κ1) is 12.7. The van der Waals surface area contributed by atoms with Crippen molar-refractivity contribution >= 4 is 5.97 Å². The second kappa shape index (κ2) is 4.96. The van der Waals surface area contributed by atoms with Crippen molar-refractivity contribution in [2.75, 3.05) is 20.2 Å². The lowest BCUT2D eigenvalue weighted by atomic mass is 9.74. The van der Waals surface area contributed by atoms with Gasteiger partial charge in [-0.15, -0.1) is 0 Å². The van der Waals surface area contributed by atoms with Gasteiger partial charge in [-0.1, -0.05) is 0 Å². The smallest absolute Gasteiger partial charge is 0.310 e. The third-order valence-electron chi connectivity index (χ3n) is 4.53. The number of likely N-dealkylation sites (tertiary alicyclic amines) is 1. The van der Waals surface area contributed by atoms with Gasteiger partial charge in [0.05, 0.1) is 18.7 Å². The molecule has 0 radical (unpaired) electrons. The van der Waals surface area contributed by atoms with E-state index in [1.165, 1.54) is 11.3 Å². The highest BCUT2D eigenvalue weighted by atomic mass is 16.5. The number of nitrogens with one attached hydrogen (secondary N) is 1. The van der Waals surface area contributed by atoms with Gasteiger partial charge in [-0.25, -0.2) is 0 Å². The van der Waals surface area contributed by atoms with Crippen molar-refractivity contribution in [2.24, 2.45) is 11.8 Å². The maximum Gasteiger partial charge on any atom is 0.310 e. The second-order valence-corrected chi connectivity index (χ2v) is 5.73. The van der Waals surface area contributed by atoms with Crippen molar-refractivity contribution in [3.8, 4) is 0 Å². The van der Waals surface area contributed by atoms with Gasteiger partial charge in [0.15, 0.2) is 0 Å². The van der Waals surface area contributed by atoms with E-state index in [0.717, 1.165) is 25.8 Å². The van der Waals surface area contributed by atoms with Gasteiger partial charge < -0.3 is 9.64 Å². The molecule has 104 valence electrons. The first-order chi connectivity index (χ1) is 9.19. The van der Waals surface area contributed by atoms with E-state index in [-0.39, 0.29) is 11.9 Å². The fourth-order valence-electron chi connectivity index (χ4n) is 3.59. The number of likely N-dealkylation sites (N-methyl/N-ethyl adjacent to an activating group) is 1. The minimum absolute atomic E-state index is 0.0238. The molecule has 1 N–H and O–H groups in total. The fourth-order valence-corrected chi connectivity index (χ4v) is 3.59. The molecule has 5 nitrogen and oxygen atoms in total. The van der Waals surface area contributed by atoms with Gasteiger partial charge in [-0.2, -0.15) is 5.10 Å². The van der Waals surface area contributed by atoms with Gasteiger partial charge in [0.1, 0.15) is 0 Å². The zero-order chi connectivity index (χ0) is 13.4. The van der Waals surface area contributed by atoms with Crippen molar-refractivity contribution in [3.05, 3.63) is 17.5 Å². The Labute approximate surface area is 113 Å². The predicted octanol–water partition coefficient (Wildman–Crippen LogP) is 1.01. The lowest BCUT2D eigenvalue weighted by Crippen LogP contribution is -2.51. The molecule has 2 aliphatic rings. The highest BCUT2D eigenvalue weighted by molar-refractivity contribution is 5.72. The quantitative estimate of drug-likeness (QED) is 0.809. The number of aromatic amines is 1. The van der Waals surface area contributed by atoms with E-state index >= 15 is 0 Å². The van der Waals surface area contributed by atoms with Crippen LogP contribution < -0.4 is 0 Å². The summed E-state index contributed by atoms with van der Waals surface area (Å²) in [4.78, 5) is 14.3. The number of rotatable bonds is 2. The van der Waals surface area contributed by atoms with Gasteiger partial charge in [0.25, 0.3) is 0 Å². The summed E-state index contributed by atoms with van der Waals surface area (Å²) in [7, 11) is 2.12. The average Bonchev–Trinajstić information content (AvgIpc) is 2.84. The molecular weight excluding hydrogens is 242 g/mol. The maximum absolute atomic E-state index is 11.9. The number of hydrogen-bond donors (Lipinski definition) is 1. The SMILES string of the molecule is CCOC(=O)C1CC2Cc3[nH]ncc3CC2N(C)C1. The Kier molecular flexibility index (Phi) is 3.31. The summed E-state index contributed by atoms with van der Waals surface area (Å²) in [5.41, 5.74) is 2.59. The fraction of sp³-hybridized carbons (Fsp3) is 0.714. The summed E-state index contributed by atoms with van der Waals surface area (Å²) in [5.74, 6) is 0.514. The van der Waals surface area contributed by atoms with Crippen LogP contribution in [-0.2, 0) is 22.4 Å². The number of carbonyl (C=O) groups excluding carboxylic acids is 1. The second-order valence-electron chi connectivity index (χ2n) is 5.73. The summed E-state index contributed by atoms with van der Waals surface area (Å²) in [6.45, 7) is 3.15. The molecule has 1 fully saturated rings. The van der Waals surface area contributed by atoms with Crippen molar-refractivity contribution in [3.63, 3.8) is 0 Å². The third-order valence-corrected chi connectivity index (χ3v) is 4.53. The minimum Gasteiger partial charge on any atom is -0.466 e. The Balaban J connectivity index is 1.75. The first-order valence-electron chi connectivity index (χ1n) is 7.07. The van der Waals surface area contributed by atoms with E-state index in [1.807, 2.05) is 13.1 Å². The molecule has 5 heteroatoms. The topological polar surface area (TPSA) is 58.2 Å². The summed E-state index contributed by atoms with van der Waals surface area (Å²) in [6.07, 6.45) is 4.92. The first-order valence-corrected chi connectivity index (χ1v) is 7.07. The van der Waals surface area contributed by atoms with E-state index in [0.29, 0.717) is 18.6 Å². The Morgan fingerprint density at radius 3 is 3.21 bits per heavy atom. The molecule has 2 heterocycles. The van der Waals surface area contributed by atoms with E-state index in [2.05, 4.69) is 22.1 Å². The zero-order valence-corrected chi connectivity index (χ0v) is 11.6. The molecule has 1 aromatic rings. The van der Waals surface area contributed by atoms with Crippen LogP contribution in [0.15, 0.2) is 6.20 Å². The number of piperidine rings is 1. The number of H-pyrrole nitrogens is 1. The van der Waals surface area contributed by atoms with Crippen molar-refractivity contribution in [2.45, 2.75) is 32.2 Å². The van der Waals surface area contributed by atoms with E-state index in [1.54, 1.807) is 0 Å². The lowest BCUT2D eigenvalue weighted by Gasteiger charge is -2.44. The van der Waals surface area contributed by atoms with Crippen LogP contribution in [0, 0.1) is 11.8 Å². The molecule has 3 rings (SSSR count). The molecule has 1 aromatic heterocycles. The van der Waals surface area contributed by atoms with Crippen LogP contribution >= 0.6 is 0 Å². The van der Waals surface area contributed by atoms with Crippen molar-refractivity contribution in [1.82, 2.24) is 15.1 Å². The third kappa shape index (κ3) is 2.27. The lowest BCUT2D eigenvalue weighted by molar-refractivity contribution is -0.151. The molecule has 1 aliphatic heterocycles. The van der Waals surface area contributed by atoms with Crippen LogP contribution in [0.2, 0.25) is 0 Å². The molecule has 0 bridgehead atoms. The number of ether oxygens (including phenoxy) is 1. The van der Waals surface area contributed by atoms with Crippen LogP contribution in [0.4, 0.5) is 0 Å². The summed E-state index contributed by atoms with van der Waals surface area (Å²) >= 11 is 0. The van der Waals surface area contributed by atoms with Crippen molar-refractivity contribution < 1.29 is 9.53 Å². The molecule has 19 heavy (non-hydrogen) atoms. The molecule has 0 saturated carbocycles. The predicted molar refractivity (Wildman–Crippen MR) is 70.6 cm³/mol. The molecule has 0 spiro atoms. The number of nitrogens with zero attached hydrogens (tertiary/aromatic N) is 2. The summed E-state index contributed by atoms with van der Waals surface area (Å²) < 4.78 is 5.18. The minimum atomic E-state index is -0.0387. The molecule has 0 amide bonds. The number of esters is 1. The van der Waals surface area contributed by atoms with Crippen LogP contribution in [0.3, 0.4) is 0 Å². The van der Waals surface area contributed by atoms with Gasteiger partial charge in [-0.3, -0.25) is 9.89 Å². The molecule has 0 aromatic carbocycles. The van der Waals surface area contributed by atoms with Crippen LogP contribution in [0.25, 0.3) is 0 Å². The van der Waals surface area contributed by atoms with Gasteiger partial charge >= 0.3 is 5.97 Å². The van der Waals surface area contributed by atoms with E-state index in [4.69, 9.17) is 4.74 Å². The molecule has 3 unspecified atom stereocenters. The van der Waals surface area contributed by atoms with Gasteiger partial charge in [0, 0.05) is 18.3 Å². The van der Waals surface area contributed by atoms with Gasteiger partial charge in [0.2, 0.25) is 0 Å². The van der Waals surface area contributed by atoms with Crippen LogP contribution in [0.1, 0.15) is 24.6 Å². The Hall–Kier alpha value is -1.36. The summed E-state index contributed by atoms with van der Waals surface area (Å²) in [6, 6.07) is 0.538. The standard InChI is InChI=1S/C14H21N3O2/c1-3-19-14(18)11-4-9-5-12-10(7-15-16-12)6-13(9)17(2)8-11/h7,9,11,13H,3-6,8H2,1-2H3,(H,15,16). The average molecular weight is 263 g/mol. The molecule has 1 saturated heterocycles. The number of aromatic nitrogens is 2. The Morgan fingerprint density at radius 1 is 1.58 bits per heavy atom. The van der Waals surface area contributed by atoms with Crippen LogP contribution in [0.5, 0.6) is 0 Å². The number of carbonyl (C=O) groups is 1. The highest BCUT2D eigenvalue weighted by Crippen LogP contribution is 2.35. The van der Waals surface area contributed by atoms with Crippen molar-refractivity contribution in [1.29, 1.82) is 0 Å². The number of fused-ring (bicyclic) bond motifs is 2. The van der Waals surface area contributed by atoms with Gasteiger partial charge in [-0.05, 0) is 44.7 Å². The highest BCUT2D eigenvalue weighted by Gasteiger charge is 2.40. The zero-order valence-electron chi connectivity index (χ0n) is 11.6. The summed E-state index contributed by atoms with van der Waals surface area (Å²) in [5, 5.41) is 7.23. The monoisotopic (exact) mass is 263 g/mol. The molecule has 1 aliphatic carbocycles. The maximum atomic E-state index is 11.9.